The molecule has 3 aliphatic rings. The predicted molar refractivity (Wildman–Crippen MR) is 54.2 cm³/mol. The Morgan fingerprint density at radius 2 is 2.46 bits per heavy atom. The lowest BCUT2D eigenvalue weighted by Gasteiger charge is -2.34. The summed E-state index contributed by atoms with van der Waals surface area (Å²) in [7, 11) is 0. The minimum atomic E-state index is 0.908. The Morgan fingerprint density at radius 3 is 3.31 bits per heavy atom. The Labute approximate surface area is 80.1 Å². The first-order chi connectivity index (χ1) is 6.40. The summed E-state index contributed by atoms with van der Waals surface area (Å²) in [6, 6.07) is 0. The third kappa shape index (κ3) is 1.06. The molecule has 1 saturated carbocycles. The van der Waals surface area contributed by atoms with Gasteiger partial charge in [-0.15, -0.1) is 0 Å². The van der Waals surface area contributed by atoms with Crippen molar-refractivity contribution in [3.05, 3.63) is 23.4 Å². The fourth-order valence-corrected chi connectivity index (χ4v) is 2.86. The maximum atomic E-state index is 2.60. The summed E-state index contributed by atoms with van der Waals surface area (Å²) in [5, 5.41) is 0. The first kappa shape index (κ1) is 7.66. The van der Waals surface area contributed by atoms with E-state index in [9.17, 15) is 0 Å². The summed E-state index contributed by atoms with van der Waals surface area (Å²) >= 11 is 0. The van der Waals surface area contributed by atoms with Crippen LogP contribution in [0.4, 0.5) is 0 Å². The third-order valence-corrected chi connectivity index (χ3v) is 3.66. The number of hydrogen-bond acceptors (Lipinski definition) is 1. The van der Waals surface area contributed by atoms with Crippen molar-refractivity contribution in [3.8, 4) is 0 Å². The zero-order valence-corrected chi connectivity index (χ0v) is 8.29. The fraction of sp³-hybridized carbons (Fsp3) is 0.667. The van der Waals surface area contributed by atoms with Gasteiger partial charge in [0.15, 0.2) is 0 Å². The van der Waals surface area contributed by atoms with Gasteiger partial charge in [0, 0.05) is 24.7 Å². The van der Waals surface area contributed by atoms with E-state index in [0.29, 0.717) is 0 Å². The van der Waals surface area contributed by atoms with E-state index in [4.69, 9.17) is 0 Å². The molecule has 2 unspecified atom stereocenters. The van der Waals surface area contributed by atoms with Crippen LogP contribution in [-0.2, 0) is 0 Å². The average molecular weight is 175 g/mol. The maximum Gasteiger partial charge on any atom is 0.0203 e. The molecule has 1 heterocycles. The number of hydrogen-bond donors (Lipinski definition) is 0. The summed E-state index contributed by atoms with van der Waals surface area (Å²) in [6.45, 7) is 4.79. The Morgan fingerprint density at radius 1 is 1.54 bits per heavy atom. The van der Waals surface area contributed by atoms with Crippen LogP contribution in [0.3, 0.4) is 0 Å². The third-order valence-electron chi connectivity index (χ3n) is 3.66. The van der Waals surface area contributed by atoms with Crippen LogP contribution in [0, 0.1) is 11.8 Å². The molecule has 2 aliphatic carbocycles. The molecule has 1 fully saturated rings. The number of nitrogens with zero attached hydrogens (tertiary/aromatic N) is 1. The van der Waals surface area contributed by atoms with Crippen molar-refractivity contribution < 1.29 is 0 Å². The minimum absolute atomic E-state index is 0.908. The number of allylic oxidation sites excluding steroid dienone is 4. The molecule has 0 bridgehead atoms. The van der Waals surface area contributed by atoms with E-state index in [-0.39, 0.29) is 0 Å². The minimum Gasteiger partial charge on any atom is -0.375 e. The van der Waals surface area contributed by atoms with Crippen LogP contribution in [0.1, 0.15) is 26.2 Å². The number of rotatable bonds is 1. The van der Waals surface area contributed by atoms with Crippen molar-refractivity contribution >= 4 is 0 Å². The van der Waals surface area contributed by atoms with Crippen LogP contribution in [0.5, 0.6) is 0 Å². The topological polar surface area (TPSA) is 3.24 Å². The molecule has 1 heteroatoms. The molecule has 0 radical (unpaired) electrons. The zero-order valence-electron chi connectivity index (χ0n) is 8.29. The van der Waals surface area contributed by atoms with E-state index in [1.54, 1.807) is 11.3 Å². The highest BCUT2D eigenvalue weighted by atomic mass is 15.1. The van der Waals surface area contributed by atoms with E-state index in [1.165, 1.54) is 32.4 Å². The van der Waals surface area contributed by atoms with Crippen LogP contribution < -0.4 is 0 Å². The van der Waals surface area contributed by atoms with Gasteiger partial charge in [0.25, 0.3) is 0 Å². The standard InChI is InChI=1S/C12H17N/c1-2-13-7-3-4-9-5-6-10-8-11(10)12(9)13/h5-6,10-11H,2-4,7-8H2,1H3. The van der Waals surface area contributed by atoms with Crippen molar-refractivity contribution in [2.45, 2.75) is 26.2 Å². The molecule has 0 aromatic rings. The van der Waals surface area contributed by atoms with Gasteiger partial charge >= 0.3 is 0 Å². The first-order valence-corrected chi connectivity index (χ1v) is 5.56. The molecule has 70 valence electrons. The highest BCUT2D eigenvalue weighted by Gasteiger charge is 2.43. The predicted octanol–water partition coefficient (Wildman–Crippen LogP) is 2.56. The normalized spacial score (nSPS) is 35.9. The quantitative estimate of drug-likeness (QED) is 0.592. The fourth-order valence-electron chi connectivity index (χ4n) is 2.86. The van der Waals surface area contributed by atoms with E-state index < -0.39 is 0 Å². The van der Waals surface area contributed by atoms with E-state index in [0.717, 1.165) is 11.8 Å². The smallest absolute Gasteiger partial charge is 0.0203 e. The number of fused-ring (bicyclic) bond motifs is 2. The molecular weight excluding hydrogens is 158 g/mol. The van der Waals surface area contributed by atoms with Gasteiger partial charge in [-0.25, -0.2) is 0 Å². The van der Waals surface area contributed by atoms with E-state index in [1.807, 2.05) is 0 Å². The Hall–Kier alpha value is -0.720. The molecule has 0 aromatic carbocycles. The van der Waals surface area contributed by atoms with Crippen LogP contribution >= 0.6 is 0 Å². The van der Waals surface area contributed by atoms with Gasteiger partial charge in [0.05, 0.1) is 0 Å². The molecule has 0 aromatic heterocycles. The molecule has 0 N–H and O–H groups in total. The molecule has 3 rings (SSSR count). The van der Waals surface area contributed by atoms with Crippen molar-refractivity contribution in [1.82, 2.24) is 4.90 Å². The van der Waals surface area contributed by atoms with Gasteiger partial charge < -0.3 is 4.90 Å². The summed E-state index contributed by atoms with van der Waals surface area (Å²) < 4.78 is 0. The Balaban J connectivity index is 1.98. The molecular formula is C12H17N. The molecule has 0 spiro atoms. The summed E-state index contributed by atoms with van der Waals surface area (Å²) in [5.74, 6) is 1.83. The summed E-state index contributed by atoms with van der Waals surface area (Å²) in [5.41, 5.74) is 3.35. The molecule has 13 heavy (non-hydrogen) atoms. The Bertz CT molecular complexity index is 287. The second-order valence-corrected chi connectivity index (χ2v) is 4.46. The Kier molecular flexibility index (Phi) is 1.55. The van der Waals surface area contributed by atoms with Crippen LogP contribution in [-0.4, -0.2) is 18.0 Å². The molecule has 0 saturated heterocycles. The lowest BCUT2D eigenvalue weighted by molar-refractivity contribution is 0.312. The van der Waals surface area contributed by atoms with Crippen molar-refractivity contribution in [1.29, 1.82) is 0 Å². The van der Waals surface area contributed by atoms with Crippen molar-refractivity contribution in [3.63, 3.8) is 0 Å². The van der Waals surface area contributed by atoms with E-state index in [2.05, 4.69) is 24.0 Å². The lowest BCUT2D eigenvalue weighted by atomic mass is 9.94. The molecule has 2 atom stereocenters. The maximum absolute atomic E-state index is 2.60. The van der Waals surface area contributed by atoms with Gasteiger partial charge in [0.1, 0.15) is 0 Å². The van der Waals surface area contributed by atoms with Crippen molar-refractivity contribution in [2.75, 3.05) is 13.1 Å². The molecule has 1 nitrogen and oxygen atoms in total. The van der Waals surface area contributed by atoms with Gasteiger partial charge in [-0.2, -0.15) is 0 Å². The van der Waals surface area contributed by atoms with Crippen molar-refractivity contribution in [2.24, 2.45) is 11.8 Å². The molecule has 0 amide bonds. The summed E-state index contributed by atoms with van der Waals surface area (Å²) in [6.07, 6.45) is 8.93. The first-order valence-electron chi connectivity index (χ1n) is 5.56. The van der Waals surface area contributed by atoms with Gasteiger partial charge in [-0.3, -0.25) is 0 Å². The highest BCUT2D eigenvalue weighted by molar-refractivity contribution is 5.38. The monoisotopic (exact) mass is 175 g/mol. The lowest BCUT2D eigenvalue weighted by Crippen LogP contribution is -2.30. The second kappa shape index (κ2) is 2.63. The van der Waals surface area contributed by atoms with Crippen LogP contribution in [0.25, 0.3) is 0 Å². The summed E-state index contributed by atoms with van der Waals surface area (Å²) in [4.78, 5) is 2.60. The SMILES string of the molecule is CCN1CCCC2=C1C1CC1C=C2. The second-order valence-electron chi connectivity index (χ2n) is 4.46. The zero-order chi connectivity index (χ0) is 8.84. The molecule has 1 aliphatic heterocycles. The van der Waals surface area contributed by atoms with Gasteiger partial charge in [-0.1, -0.05) is 12.2 Å². The van der Waals surface area contributed by atoms with Gasteiger partial charge in [0.2, 0.25) is 0 Å². The van der Waals surface area contributed by atoms with E-state index >= 15 is 0 Å². The average Bonchev–Trinajstić information content (AvgIpc) is 2.95. The largest absolute Gasteiger partial charge is 0.375 e. The van der Waals surface area contributed by atoms with Crippen LogP contribution in [0.15, 0.2) is 23.4 Å². The van der Waals surface area contributed by atoms with Crippen LogP contribution in [0.2, 0.25) is 0 Å². The van der Waals surface area contributed by atoms with Gasteiger partial charge in [-0.05, 0) is 37.7 Å². The highest BCUT2D eigenvalue weighted by Crippen LogP contribution is 2.51.